The number of anilines is 3. The molecular formula is C40H25NO2. The van der Waals surface area contributed by atoms with Gasteiger partial charge in [-0.2, -0.15) is 0 Å². The first-order valence-electron chi connectivity index (χ1n) is 14.5. The van der Waals surface area contributed by atoms with Gasteiger partial charge in [0, 0.05) is 27.5 Å². The van der Waals surface area contributed by atoms with Crippen LogP contribution in [0, 0.1) is 0 Å². The Kier molecular flexibility index (Phi) is 5.20. The number of hydrogen-bond donors (Lipinski definition) is 0. The normalized spacial score (nSPS) is 11.7. The molecule has 202 valence electrons. The van der Waals surface area contributed by atoms with E-state index in [1.807, 2.05) is 12.1 Å². The molecule has 0 saturated heterocycles. The summed E-state index contributed by atoms with van der Waals surface area (Å²) in [6.45, 7) is 0. The van der Waals surface area contributed by atoms with Gasteiger partial charge >= 0.3 is 0 Å². The standard InChI is InChI=1S/C40H25NO2/c1-3-12-26(13-4-1)32-25-38-39(31-18-8-7-16-29(31)32)40-34(19-11-21-37(40)43-38)41(27-14-5-2-6-15-27)28-22-23-36-33(24-28)30-17-9-10-20-35(30)42-36/h1-25H. The van der Waals surface area contributed by atoms with Crippen LogP contribution < -0.4 is 4.90 Å². The highest BCUT2D eigenvalue weighted by Gasteiger charge is 2.22. The van der Waals surface area contributed by atoms with E-state index in [0.717, 1.165) is 60.9 Å². The van der Waals surface area contributed by atoms with E-state index in [1.54, 1.807) is 0 Å². The molecule has 0 unspecified atom stereocenters. The van der Waals surface area contributed by atoms with Crippen LogP contribution in [-0.2, 0) is 0 Å². The zero-order chi connectivity index (χ0) is 28.3. The van der Waals surface area contributed by atoms with Crippen molar-refractivity contribution in [3.8, 4) is 11.1 Å². The van der Waals surface area contributed by atoms with Crippen molar-refractivity contribution in [3.63, 3.8) is 0 Å². The second-order valence-electron chi connectivity index (χ2n) is 10.9. The predicted octanol–water partition coefficient (Wildman–Crippen LogP) is 11.8. The van der Waals surface area contributed by atoms with Crippen LogP contribution in [0.1, 0.15) is 0 Å². The first kappa shape index (κ1) is 23.9. The van der Waals surface area contributed by atoms with Crippen molar-refractivity contribution in [1.29, 1.82) is 0 Å². The lowest BCUT2D eigenvalue weighted by molar-refractivity contribution is 0.668. The minimum atomic E-state index is 0.860. The smallest absolute Gasteiger partial charge is 0.137 e. The Morgan fingerprint density at radius 3 is 1.86 bits per heavy atom. The molecule has 0 aliphatic carbocycles. The molecule has 43 heavy (non-hydrogen) atoms. The van der Waals surface area contributed by atoms with E-state index in [9.17, 15) is 0 Å². The van der Waals surface area contributed by atoms with Gasteiger partial charge in [-0.05, 0) is 76.5 Å². The zero-order valence-corrected chi connectivity index (χ0v) is 23.2. The molecule has 2 heterocycles. The van der Waals surface area contributed by atoms with Crippen LogP contribution in [-0.4, -0.2) is 0 Å². The van der Waals surface area contributed by atoms with Gasteiger partial charge < -0.3 is 13.7 Å². The van der Waals surface area contributed by atoms with Crippen molar-refractivity contribution < 1.29 is 8.83 Å². The van der Waals surface area contributed by atoms with Crippen LogP contribution in [0.5, 0.6) is 0 Å². The van der Waals surface area contributed by atoms with E-state index in [0.29, 0.717) is 0 Å². The monoisotopic (exact) mass is 551 g/mol. The lowest BCUT2D eigenvalue weighted by Gasteiger charge is -2.26. The topological polar surface area (TPSA) is 29.5 Å². The average Bonchev–Trinajstić information content (AvgIpc) is 3.64. The van der Waals surface area contributed by atoms with Crippen molar-refractivity contribution in [3.05, 3.63) is 152 Å². The van der Waals surface area contributed by atoms with Crippen LogP contribution in [0.3, 0.4) is 0 Å². The molecule has 7 aromatic carbocycles. The van der Waals surface area contributed by atoms with Gasteiger partial charge in [0.2, 0.25) is 0 Å². The third kappa shape index (κ3) is 3.68. The molecule has 0 radical (unpaired) electrons. The first-order valence-corrected chi connectivity index (χ1v) is 14.5. The molecule has 0 bridgehead atoms. The average molecular weight is 552 g/mol. The highest BCUT2D eigenvalue weighted by atomic mass is 16.3. The largest absolute Gasteiger partial charge is 0.456 e. The number of benzene rings is 7. The highest BCUT2D eigenvalue weighted by molar-refractivity contribution is 6.25. The second kappa shape index (κ2) is 9.37. The van der Waals surface area contributed by atoms with Gasteiger partial charge in [0.25, 0.3) is 0 Å². The molecule has 9 rings (SSSR count). The maximum Gasteiger partial charge on any atom is 0.137 e. The summed E-state index contributed by atoms with van der Waals surface area (Å²) in [7, 11) is 0. The van der Waals surface area contributed by atoms with Gasteiger partial charge in [0.05, 0.1) is 11.1 Å². The Bertz CT molecular complexity index is 2450. The van der Waals surface area contributed by atoms with E-state index >= 15 is 0 Å². The minimum Gasteiger partial charge on any atom is -0.456 e. The summed E-state index contributed by atoms with van der Waals surface area (Å²) in [6.07, 6.45) is 0. The molecule has 3 heteroatoms. The van der Waals surface area contributed by atoms with Gasteiger partial charge in [0.15, 0.2) is 0 Å². The van der Waals surface area contributed by atoms with Crippen LogP contribution in [0.25, 0.3) is 65.8 Å². The molecular weight excluding hydrogens is 526 g/mol. The SMILES string of the molecule is c1ccc(-c2cc3oc4cccc(N(c5ccccc5)c5ccc6oc7ccccc7c6c5)c4c3c3ccccc23)cc1. The summed E-state index contributed by atoms with van der Waals surface area (Å²) in [5.74, 6) is 0. The van der Waals surface area contributed by atoms with Gasteiger partial charge in [-0.1, -0.05) is 97.1 Å². The van der Waals surface area contributed by atoms with Crippen molar-refractivity contribution in [2.75, 3.05) is 4.90 Å². The Morgan fingerprint density at radius 2 is 1.02 bits per heavy atom. The molecule has 2 aromatic heterocycles. The number of nitrogens with zero attached hydrogens (tertiary/aromatic N) is 1. The number of para-hydroxylation sites is 2. The fourth-order valence-corrected chi connectivity index (χ4v) is 6.56. The van der Waals surface area contributed by atoms with Crippen LogP contribution in [0.15, 0.2) is 160 Å². The van der Waals surface area contributed by atoms with E-state index in [4.69, 9.17) is 8.83 Å². The number of furan rings is 2. The van der Waals surface area contributed by atoms with Crippen molar-refractivity contribution in [2.45, 2.75) is 0 Å². The summed E-state index contributed by atoms with van der Waals surface area (Å²) >= 11 is 0. The van der Waals surface area contributed by atoms with E-state index < -0.39 is 0 Å². The summed E-state index contributed by atoms with van der Waals surface area (Å²) in [6, 6.07) is 53.0. The van der Waals surface area contributed by atoms with Crippen LogP contribution in [0.4, 0.5) is 17.1 Å². The van der Waals surface area contributed by atoms with Crippen molar-refractivity contribution in [1.82, 2.24) is 0 Å². The Balaban J connectivity index is 1.36. The maximum absolute atomic E-state index is 6.66. The Labute approximate surface area is 247 Å². The fourth-order valence-electron chi connectivity index (χ4n) is 6.56. The third-order valence-corrected chi connectivity index (χ3v) is 8.44. The predicted molar refractivity (Wildman–Crippen MR) is 179 cm³/mol. The minimum absolute atomic E-state index is 0.860. The van der Waals surface area contributed by atoms with Crippen LogP contribution in [0.2, 0.25) is 0 Å². The molecule has 0 atom stereocenters. The highest BCUT2D eigenvalue weighted by Crippen LogP contribution is 2.47. The van der Waals surface area contributed by atoms with Crippen molar-refractivity contribution in [2.24, 2.45) is 0 Å². The number of rotatable bonds is 4. The van der Waals surface area contributed by atoms with Crippen molar-refractivity contribution >= 4 is 71.7 Å². The summed E-state index contributed by atoms with van der Waals surface area (Å²) in [5, 5.41) is 6.80. The first-order chi connectivity index (χ1) is 21.3. The molecule has 9 aromatic rings. The fraction of sp³-hybridized carbons (Fsp3) is 0. The molecule has 3 nitrogen and oxygen atoms in total. The third-order valence-electron chi connectivity index (χ3n) is 8.44. The van der Waals surface area contributed by atoms with Crippen LogP contribution >= 0.6 is 0 Å². The Morgan fingerprint density at radius 1 is 0.372 bits per heavy atom. The van der Waals surface area contributed by atoms with Gasteiger partial charge in [0.1, 0.15) is 22.3 Å². The molecule has 0 N–H and O–H groups in total. The molecule has 0 spiro atoms. The number of hydrogen-bond acceptors (Lipinski definition) is 3. The van der Waals surface area contributed by atoms with Gasteiger partial charge in [-0.15, -0.1) is 0 Å². The molecule has 0 aliphatic rings. The zero-order valence-electron chi connectivity index (χ0n) is 23.2. The molecule has 0 saturated carbocycles. The maximum atomic E-state index is 6.66. The molecule has 0 fully saturated rings. The lowest BCUT2D eigenvalue weighted by Crippen LogP contribution is -2.10. The second-order valence-corrected chi connectivity index (χ2v) is 10.9. The summed E-state index contributed by atoms with van der Waals surface area (Å²) in [5.41, 5.74) is 9.04. The lowest BCUT2D eigenvalue weighted by atomic mass is 9.94. The van der Waals surface area contributed by atoms with E-state index in [1.165, 1.54) is 21.9 Å². The molecule has 0 aliphatic heterocycles. The molecule has 0 amide bonds. The quantitative estimate of drug-likeness (QED) is 0.218. The van der Waals surface area contributed by atoms with E-state index in [2.05, 4.69) is 144 Å². The summed E-state index contributed by atoms with van der Waals surface area (Å²) in [4.78, 5) is 2.33. The van der Waals surface area contributed by atoms with E-state index in [-0.39, 0.29) is 0 Å². The Hall–Kier alpha value is -5.80. The number of fused-ring (bicyclic) bond motifs is 8. The van der Waals surface area contributed by atoms with Gasteiger partial charge in [-0.3, -0.25) is 0 Å². The summed E-state index contributed by atoms with van der Waals surface area (Å²) < 4.78 is 12.8. The van der Waals surface area contributed by atoms with Gasteiger partial charge in [-0.25, -0.2) is 0 Å².